The van der Waals surface area contributed by atoms with Crippen LogP contribution < -0.4 is 0 Å². The molecule has 1 aromatic rings. The lowest BCUT2D eigenvalue weighted by Crippen LogP contribution is -2.04. The number of methoxy groups -OCH3 is 1. The molecule has 0 aliphatic carbocycles. The molecule has 6 heteroatoms. The van der Waals surface area contributed by atoms with E-state index in [9.17, 15) is 14.4 Å². The van der Waals surface area contributed by atoms with Gasteiger partial charge >= 0.3 is 17.9 Å². The molecule has 0 aliphatic rings. The minimum Gasteiger partial charge on any atom is -0.478 e. The van der Waals surface area contributed by atoms with E-state index in [1.165, 1.54) is 31.4 Å². The molecule has 0 spiro atoms. The summed E-state index contributed by atoms with van der Waals surface area (Å²) in [5.74, 6) is -2.89. The second-order valence-electron chi connectivity index (χ2n) is 3.59. The van der Waals surface area contributed by atoms with Crippen molar-refractivity contribution in [2.75, 3.05) is 7.11 Å². The van der Waals surface area contributed by atoms with E-state index in [0.717, 1.165) is 6.07 Å². The topological polar surface area (TPSA) is 101 Å². The molecule has 0 fully saturated rings. The van der Waals surface area contributed by atoms with Gasteiger partial charge in [-0.1, -0.05) is 18.2 Å². The first kappa shape index (κ1) is 14.4. The molecule has 0 aliphatic heterocycles. The summed E-state index contributed by atoms with van der Waals surface area (Å²) < 4.78 is 4.43. The van der Waals surface area contributed by atoms with Crippen LogP contribution in [0.5, 0.6) is 0 Å². The van der Waals surface area contributed by atoms with Gasteiger partial charge in [-0.15, -0.1) is 0 Å². The average Bonchev–Trinajstić information content (AvgIpc) is 2.38. The van der Waals surface area contributed by atoms with Gasteiger partial charge in [-0.05, 0) is 17.7 Å². The van der Waals surface area contributed by atoms with E-state index in [1.807, 2.05) is 0 Å². The first-order valence-electron chi connectivity index (χ1n) is 5.29. The number of aromatic carboxylic acids is 2. The van der Waals surface area contributed by atoms with Crippen molar-refractivity contribution >= 4 is 24.0 Å². The number of carboxylic acid groups (broad SMARTS) is 2. The maximum atomic E-state index is 11.0. The fraction of sp³-hybridized carbons (Fsp3) is 0.154. The van der Waals surface area contributed by atoms with Crippen molar-refractivity contribution in [2.24, 2.45) is 0 Å². The Hall–Kier alpha value is -2.63. The predicted octanol–water partition coefficient (Wildman–Crippen LogP) is 1.66. The molecule has 0 amide bonds. The Morgan fingerprint density at radius 1 is 1.21 bits per heavy atom. The smallest absolute Gasteiger partial charge is 0.336 e. The van der Waals surface area contributed by atoms with E-state index >= 15 is 0 Å². The third-order valence-electron chi connectivity index (χ3n) is 2.34. The van der Waals surface area contributed by atoms with Crippen LogP contribution in [0.15, 0.2) is 24.3 Å². The molecule has 2 N–H and O–H groups in total. The summed E-state index contributed by atoms with van der Waals surface area (Å²) in [5, 5.41) is 17.8. The van der Waals surface area contributed by atoms with Gasteiger partial charge in [-0.2, -0.15) is 0 Å². The van der Waals surface area contributed by atoms with E-state index < -0.39 is 17.9 Å². The Balaban J connectivity index is 3.04. The van der Waals surface area contributed by atoms with Crippen LogP contribution in [0.1, 0.15) is 32.7 Å². The van der Waals surface area contributed by atoms with Crippen molar-refractivity contribution in [1.29, 1.82) is 0 Å². The molecule has 100 valence electrons. The van der Waals surface area contributed by atoms with Crippen LogP contribution in [0.2, 0.25) is 0 Å². The second kappa shape index (κ2) is 6.34. The van der Waals surface area contributed by atoms with E-state index in [-0.39, 0.29) is 17.5 Å². The molecule has 6 nitrogen and oxygen atoms in total. The number of hydrogen-bond donors (Lipinski definition) is 2. The predicted molar refractivity (Wildman–Crippen MR) is 66.0 cm³/mol. The Morgan fingerprint density at radius 2 is 1.89 bits per heavy atom. The molecular formula is C13H12O6. The van der Waals surface area contributed by atoms with Gasteiger partial charge in [0.05, 0.1) is 24.7 Å². The van der Waals surface area contributed by atoms with E-state index in [1.54, 1.807) is 0 Å². The summed E-state index contributed by atoms with van der Waals surface area (Å²) in [5.41, 5.74) is 0.0740. The lowest BCUT2D eigenvalue weighted by molar-refractivity contribution is -0.139. The first-order chi connectivity index (χ1) is 8.95. The van der Waals surface area contributed by atoms with E-state index in [2.05, 4.69) is 4.74 Å². The van der Waals surface area contributed by atoms with Crippen molar-refractivity contribution in [2.45, 2.75) is 6.42 Å². The van der Waals surface area contributed by atoms with Crippen molar-refractivity contribution in [3.63, 3.8) is 0 Å². The quantitative estimate of drug-likeness (QED) is 0.784. The Labute approximate surface area is 108 Å². The van der Waals surface area contributed by atoms with Gasteiger partial charge in [0.2, 0.25) is 0 Å². The number of carbonyl (C=O) groups excluding carboxylic acids is 1. The molecule has 19 heavy (non-hydrogen) atoms. The van der Waals surface area contributed by atoms with Crippen LogP contribution in [0.25, 0.3) is 6.08 Å². The molecular weight excluding hydrogens is 252 g/mol. The van der Waals surface area contributed by atoms with Crippen LogP contribution in [0, 0.1) is 0 Å². The van der Waals surface area contributed by atoms with Crippen molar-refractivity contribution in [1.82, 2.24) is 0 Å². The van der Waals surface area contributed by atoms with Gasteiger partial charge in [0.1, 0.15) is 0 Å². The van der Waals surface area contributed by atoms with Crippen molar-refractivity contribution in [3.8, 4) is 0 Å². The van der Waals surface area contributed by atoms with Crippen LogP contribution in [-0.2, 0) is 9.53 Å². The van der Waals surface area contributed by atoms with Gasteiger partial charge in [0, 0.05) is 0 Å². The molecule has 0 unspecified atom stereocenters. The second-order valence-corrected chi connectivity index (χ2v) is 3.59. The minimum absolute atomic E-state index is 0.0102. The Bertz CT molecular complexity index is 544. The van der Waals surface area contributed by atoms with Crippen LogP contribution in [-0.4, -0.2) is 35.2 Å². The fourth-order valence-electron chi connectivity index (χ4n) is 1.39. The third kappa shape index (κ3) is 3.95. The molecule has 0 bridgehead atoms. The highest BCUT2D eigenvalue weighted by Crippen LogP contribution is 2.14. The zero-order valence-electron chi connectivity index (χ0n) is 10.1. The third-order valence-corrected chi connectivity index (χ3v) is 2.34. The highest BCUT2D eigenvalue weighted by atomic mass is 16.5. The fourth-order valence-corrected chi connectivity index (χ4v) is 1.39. The zero-order valence-corrected chi connectivity index (χ0v) is 10.1. The monoisotopic (exact) mass is 264 g/mol. The lowest BCUT2D eigenvalue weighted by Gasteiger charge is -2.03. The molecule has 0 aromatic heterocycles. The first-order valence-corrected chi connectivity index (χ1v) is 5.29. The largest absolute Gasteiger partial charge is 0.478 e. The van der Waals surface area contributed by atoms with Gasteiger partial charge in [-0.25, -0.2) is 9.59 Å². The Morgan fingerprint density at radius 3 is 2.42 bits per heavy atom. The van der Waals surface area contributed by atoms with Gasteiger partial charge in [-0.3, -0.25) is 4.79 Å². The number of carbonyl (C=O) groups is 3. The normalized spacial score (nSPS) is 10.4. The maximum Gasteiger partial charge on any atom is 0.336 e. The standard InChI is InChI=1S/C13H12O6/c1-19-11(14)4-2-3-8-5-6-9(12(15)16)7-10(8)13(17)18/h2-3,5-7H,4H2,1H3,(H,15,16)(H,17,18). The summed E-state index contributed by atoms with van der Waals surface area (Å²) in [6, 6.07) is 3.75. The molecule has 0 heterocycles. The summed E-state index contributed by atoms with van der Waals surface area (Å²) in [4.78, 5) is 32.7. The van der Waals surface area contributed by atoms with E-state index in [0.29, 0.717) is 5.56 Å². The number of carboxylic acids is 2. The number of esters is 1. The van der Waals surface area contributed by atoms with Crippen LogP contribution in [0.3, 0.4) is 0 Å². The maximum absolute atomic E-state index is 11.0. The molecule has 1 aromatic carbocycles. The van der Waals surface area contributed by atoms with Crippen molar-refractivity contribution in [3.05, 3.63) is 41.0 Å². The van der Waals surface area contributed by atoms with Crippen LogP contribution in [0.4, 0.5) is 0 Å². The highest BCUT2D eigenvalue weighted by molar-refractivity contribution is 5.96. The number of hydrogen-bond acceptors (Lipinski definition) is 4. The summed E-state index contributed by atoms with van der Waals surface area (Å²) in [6.07, 6.45) is 2.90. The van der Waals surface area contributed by atoms with E-state index in [4.69, 9.17) is 10.2 Å². The lowest BCUT2D eigenvalue weighted by atomic mass is 10.0. The van der Waals surface area contributed by atoms with Gasteiger partial charge < -0.3 is 14.9 Å². The molecule has 0 saturated carbocycles. The number of ether oxygens (including phenoxy) is 1. The molecule has 0 saturated heterocycles. The summed E-state index contributed by atoms with van der Waals surface area (Å²) in [6.45, 7) is 0. The molecule has 0 atom stereocenters. The SMILES string of the molecule is COC(=O)CC=Cc1ccc(C(=O)O)cc1C(=O)O. The minimum atomic E-state index is -1.24. The van der Waals surface area contributed by atoms with Gasteiger partial charge in [0.25, 0.3) is 0 Å². The number of rotatable bonds is 5. The highest BCUT2D eigenvalue weighted by Gasteiger charge is 2.12. The number of benzene rings is 1. The summed E-state index contributed by atoms with van der Waals surface area (Å²) >= 11 is 0. The van der Waals surface area contributed by atoms with Crippen LogP contribution >= 0.6 is 0 Å². The summed E-state index contributed by atoms with van der Waals surface area (Å²) in [7, 11) is 1.25. The molecule has 1 rings (SSSR count). The Kier molecular flexibility index (Phi) is 4.82. The van der Waals surface area contributed by atoms with Gasteiger partial charge in [0.15, 0.2) is 0 Å². The zero-order chi connectivity index (χ0) is 14.4. The van der Waals surface area contributed by atoms with Crippen molar-refractivity contribution < 1.29 is 29.3 Å². The average molecular weight is 264 g/mol. The molecule has 0 radical (unpaired) electrons.